The molecule has 3 aliphatic heterocycles. The van der Waals surface area contributed by atoms with Crippen molar-refractivity contribution in [3.63, 3.8) is 0 Å². The molecule has 274 valence electrons. The summed E-state index contributed by atoms with van der Waals surface area (Å²) < 4.78 is 25.5. The van der Waals surface area contributed by atoms with Crippen LogP contribution in [0.25, 0.3) is 10.9 Å². The summed E-state index contributed by atoms with van der Waals surface area (Å²) in [6.07, 6.45) is 4.39. The van der Waals surface area contributed by atoms with E-state index in [1.165, 1.54) is 30.2 Å². The Hall–Kier alpha value is -5.12. The number of carbonyl (C=O) groups is 5. The van der Waals surface area contributed by atoms with Crippen LogP contribution in [0.5, 0.6) is 5.75 Å². The minimum absolute atomic E-state index is 0.0390. The Morgan fingerprint density at radius 2 is 1.92 bits per heavy atom. The molecule has 0 radical (unpaired) electrons. The highest BCUT2D eigenvalue weighted by Crippen LogP contribution is 2.37. The summed E-state index contributed by atoms with van der Waals surface area (Å²) in [6, 6.07) is 11.8. The molecular formula is C37H34ClFN6O7S. The van der Waals surface area contributed by atoms with Crippen molar-refractivity contribution in [2.45, 2.75) is 62.0 Å². The van der Waals surface area contributed by atoms with E-state index in [2.05, 4.69) is 25.9 Å². The first-order valence-electron chi connectivity index (χ1n) is 17.2. The third-order valence-corrected chi connectivity index (χ3v) is 10.5. The highest BCUT2D eigenvalue weighted by Gasteiger charge is 2.45. The molecule has 4 aromatic rings. The van der Waals surface area contributed by atoms with Crippen LogP contribution in [0, 0.1) is 5.82 Å². The molecule has 3 N–H and O–H groups in total. The summed E-state index contributed by atoms with van der Waals surface area (Å²) in [5.74, 6) is -1.38. The number of nitrogens with zero attached hydrogens (tertiary/aromatic N) is 3. The van der Waals surface area contributed by atoms with Crippen LogP contribution in [-0.2, 0) is 19.1 Å². The molecule has 3 aliphatic rings. The number of anilines is 3. The Kier molecular flexibility index (Phi) is 10.8. The summed E-state index contributed by atoms with van der Waals surface area (Å²) in [5.41, 5.74) is 2.06. The van der Waals surface area contributed by atoms with Gasteiger partial charge in [0.05, 0.1) is 40.6 Å². The number of thioether (sulfide) groups is 1. The first kappa shape index (κ1) is 36.2. The third-order valence-electron chi connectivity index (χ3n) is 9.11. The Morgan fingerprint density at radius 3 is 2.72 bits per heavy atom. The van der Waals surface area contributed by atoms with Gasteiger partial charge in [-0.3, -0.25) is 34.2 Å². The molecule has 4 heterocycles. The number of benzene rings is 3. The Labute approximate surface area is 312 Å². The number of nitrogens with one attached hydrogen (secondary N) is 3. The zero-order chi connectivity index (χ0) is 37.1. The standard InChI is InChI=1S/C37H34ClFN6O7S/c38-24-15-20(8-9-25(24)39)42-34-23-16-27(29(17-26(23)40-19-41-34)52-21-12-13-51-18-21)43-31(46)7-2-1-3-14-53-30-6-4-5-22-33(30)37(50)45(36(22)49)28-10-11-32(47)44-35(28)48/h4-6,8-9,15-17,19,21,28H,1-3,7,10-14,18H2,(H,43,46)(H,40,41,42)(H,44,47,48)/t21-,28?/m0/s1. The van der Waals surface area contributed by atoms with E-state index in [4.69, 9.17) is 21.1 Å². The van der Waals surface area contributed by atoms with Gasteiger partial charge in [-0.1, -0.05) is 24.1 Å². The molecule has 7 rings (SSSR count). The first-order chi connectivity index (χ1) is 25.7. The van der Waals surface area contributed by atoms with Gasteiger partial charge in [-0.15, -0.1) is 11.8 Å². The number of rotatable bonds is 13. The van der Waals surface area contributed by atoms with Gasteiger partial charge in [0.15, 0.2) is 0 Å². The molecule has 16 heteroatoms. The molecule has 2 fully saturated rings. The number of ether oxygens (including phenoxy) is 2. The molecule has 1 unspecified atom stereocenters. The van der Waals surface area contributed by atoms with Gasteiger partial charge in [0, 0.05) is 41.3 Å². The van der Waals surface area contributed by atoms with E-state index < -0.39 is 35.5 Å². The average Bonchev–Trinajstić information content (AvgIpc) is 3.74. The van der Waals surface area contributed by atoms with E-state index in [-0.39, 0.29) is 47.4 Å². The lowest BCUT2D eigenvalue weighted by Gasteiger charge is -2.27. The number of unbranched alkanes of at least 4 members (excludes halogenated alkanes) is 2. The fourth-order valence-corrected chi connectivity index (χ4v) is 7.70. The molecule has 0 saturated carbocycles. The summed E-state index contributed by atoms with van der Waals surface area (Å²) in [4.78, 5) is 74.1. The van der Waals surface area contributed by atoms with Gasteiger partial charge < -0.3 is 20.1 Å². The van der Waals surface area contributed by atoms with E-state index in [0.29, 0.717) is 70.5 Å². The maximum absolute atomic E-state index is 13.8. The van der Waals surface area contributed by atoms with Gasteiger partial charge in [-0.25, -0.2) is 14.4 Å². The smallest absolute Gasteiger partial charge is 0.263 e. The zero-order valence-corrected chi connectivity index (χ0v) is 29.9. The number of hydrogen-bond donors (Lipinski definition) is 3. The van der Waals surface area contributed by atoms with E-state index in [1.807, 2.05) is 0 Å². The second kappa shape index (κ2) is 15.9. The zero-order valence-electron chi connectivity index (χ0n) is 28.3. The van der Waals surface area contributed by atoms with Crippen molar-refractivity contribution in [3.05, 3.63) is 76.8 Å². The topological polar surface area (TPSA) is 169 Å². The number of hydrogen-bond acceptors (Lipinski definition) is 11. The Bertz CT molecular complexity index is 2130. The molecule has 0 spiro atoms. The first-order valence-corrected chi connectivity index (χ1v) is 18.5. The van der Waals surface area contributed by atoms with Gasteiger partial charge in [-0.2, -0.15) is 0 Å². The largest absolute Gasteiger partial charge is 0.486 e. The molecule has 0 bridgehead atoms. The second-order valence-corrected chi connectivity index (χ2v) is 14.3. The molecule has 3 aromatic carbocycles. The molecule has 2 atom stereocenters. The quantitative estimate of drug-likeness (QED) is 0.0827. The predicted molar refractivity (Wildman–Crippen MR) is 195 cm³/mol. The SMILES string of the molecule is O=C1CCC(N2C(=O)c3cccc(SCCCCCC(=O)Nc4cc5c(Nc6ccc(F)c(Cl)c6)ncnc5cc4O[C@H]4CCOC4)c3C2=O)C(=O)N1. The second-order valence-electron chi connectivity index (χ2n) is 12.8. The van der Waals surface area contributed by atoms with Crippen LogP contribution in [0.3, 0.4) is 0 Å². The number of halogens is 2. The van der Waals surface area contributed by atoms with Crippen molar-refractivity contribution >= 4 is 81.0 Å². The third kappa shape index (κ3) is 7.97. The number of imide groups is 2. The van der Waals surface area contributed by atoms with E-state index in [9.17, 15) is 28.4 Å². The number of carbonyl (C=O) groups excluding carboxylic acids is 5. The minimum atomic E-state index is -1.02. The lowest BCUT2D eigenvalue weighted by Crippen LogP contribution is -2.54. The highest BCUT2D eigenvalue weighted by atomic mass is 35.5. The van der Waals surface area contributed by atoms with Crippen LogP contribution >= 0.6 is 23.4 Å². The van der Waals surface area contributed by atoms with Gasteiger partial charge in [0.1, 0.15) is 35.9 Å². The molecule has 0 aliphatic carbocycles. The Balaban J connectivity index is 0.964. The van der Waals surface area contributed by atoms with Crippen LogP contribution in [0.1, 0.15) is 65.7 Å². The fraction of sp³-hybridized carbons (Fsp3) is 0.324. The minimum Gasteiger partial charge on any atom is -0.486 e. The normalized spacial score (nSPS) is 18.3. The van der Waals surface area contributed by atoms with Crippen LogP contribution in [0.4, 0.5) is 21.6 Å². The van der Waals surface area contributed by atoms with Gasteiger partial charge >= 0.3 is 0 Å². The summed E-state index contributed by atoms with van der Waals surface area (Å²) in [6.45, 7) is 1.01. The van der Waals surface area contributed by atoms with E-state index >= 15 is 0 Å². The summed E-state index contributed by atoms with van der Waals surface area (Å²) >= 11 is 7.42. The molecule has 53 heavy (non-hydrogen) atoms. The molecule has 13 nitrogen and oxygen atoms in total. The van der Waals surface area contributed by atoms with Crippen LogP contribution in [-0.4, -0.2) is 75.5 Å². The van der Waals surface area contributed by atoms with Gasteiger partial charge in [0.25, 0.3) is 11.8 Å². The maximum Gasteiger partial charge on any atom is 0.263 e. The number of piperidine rings is 1. The van der Waals surface area contributed by atoms with E-state index in [1.54, 1.807) is 36.4 Å². The molecule has 1 aromatic heterocycles. The van der Waals surface area contributed by atoms with Crippen LogP contribution in [0.15, 0.2) is 59.8 Å². The number of fused-ring (bicyclic) bond motifs is 2. The molecule has 2 saturated heterocycles. The number of amides is 5. The van der Waals surface area contributed by atoms with Gasteiger partial charge in [-0.05, 0) is 61.4 Å². The summed E-state index contributed by atoms with van der Waals surface area (Å²) in [7, 11) is 0. The lowest BCUT2D eigenvalue weighted by molar-refractivity contribution is -0.136. The van der Waals surface area contributed by atoms with Crippen molar-refractivity contribution in [3.8, 4) is 5.75 Å². The fourth-order valence-electron chi connectivity index (χ4n) is 6.44. The lowest BCUT2D eigenvalue weighted by atomic mass is 10.0. The monoisotopic (exact) mass is 760 g/mol. The highest BCUT2D eigenvalue weighted by molar-refractivity contribution is 7.99. The average molecular weight is 761 g/mol. The van der Waals surface area contributed by atoms with Crippen molar-refractivity contribution in [2.75, 3.05) is 29.6 Å². The van der Waals surface area contributed by atoms with E-state index in [0.717, 1.165) is 17.7 Å². The van der Waals surface area contributed by atoms with Crippen molar-refractivity contribution in [2.24, 2.45) is 0 Å². The van der Waals surface area contributed by atoms with Gasteiger partial charge in [0.2, 0.25) is 17.7 Å². The van der Waals surface area contributed by atoms with Crippen molar-refractivity contribution in [1.29, 1.82) is 0 Å². The molecule has 5 amide bonds. The Morgan fingerprint density at radius 1 is 1.06 bits per heavy atom. The maximum atomic E-state index is 13.8. The summed E-state index contributed by atoms with van der Waals surface area (Å²) in [5, 5.41) is 8.91. The van der Waals surface area contributed by atoms with Crippen LogP contribution < -0.4 is 20.7 Å². The van der Waals surface area contributed by atoms with Crippen molar-refractivity contribution in [1.82, 2.24) is 20.2 Å². The predicted octanol–water partition coefficient (Wildman–Crippen LogP) is 6.03. The van der Waals surface area contributed by atoms with Crippen molar-refractivity contribution < 1.29 is 37.8 Å². The molecular weight excluding hydrogens is 727 g/mol. The number of aromatic nitrogens is 2. The van der Waals surface area contributed by atoms with Crippen LogP contribution in [0.2, 0.25) is 5.02 Å².